The van der Waals surface area contributed by atoms with Gasteiger partial charge < -0.3 is 15.4 Å². The van der Waals surface area contributed by atoms with E-state index in [0.29, 0.717) is 11.4 Å². The molecule has 3 aromatic rings. The molecule has 1 aromatic heterocycles. The lowest BCUT2D eigenvalue weighted by Gasteiger charge is -2.18. The van der Waals surface area contributed by atoms with Crippen molar-refractivity contribution in [2.24, 2.45) is 0 Å². The molecule has 6 nitrogen and oxygen atoms in total. The van der Waals surface area contributed by atoms with Crippen LogP contribution in [0.25, 0.3) is 11.1 Å². The number of hydrogen-bond acceptors (Lipinski definition) is 4. The molecule has 1 amide bonds. The minimum Gasteiger partial charge on any atom is -0.379 e. The average molecular weight is 422 g/mol. The predicted octanol–water partition coefficient (Wildman–Crippen LogP) is 4.01. The van der Waals surface area contributed by atoms with Gasteiger partial charge in [-0.25, -0.2) is 4.39 Å². The maximum Gasteiger partial charge on any atom is 0.418 e. The molecule has 0 fully saturated rings. The topological polar surface area (TPSA) is 90.9 Å². The third-order valence-electron chi connectivity index (χ3n) is 4.47. The molecule has 0 saturated heterocycles. The number of aromatic nitrogens is 3. The number of halogens is 4. The third-order valence-corrected chi connectivity index (χ3v) is 4.47. The number of carbonyl (C=O) groups excluding carboxylic acids is 1. The van der Waals surface area contributed by atoms with Crippen molar-refractivity contribution in [3.63, 3.8) is 0 Å². The zero-order valence-corrected chi connectivity index (χ0v) is 16.0. The molecule has 0 aliphatic rings. The minimum atomic E-state index is -4.95. The van der Waals surface area contributed by atoms with Gasteiger partial charge in [-0.3, -0.25) is 4.79 Å². The highest BCUT2D eigenvalue weighted by atomic mass is 19.4. The van der Waals surface area contributed by atoms with Crippen molar-refractivity contribution in [3.05, 3.63) is 71.1 Å². The molecule has 0 spiro atoms. The lowest BCUT2D eigenvalue weighted by atomic mass is 9.95. The molecule has 3 N–H and O–H groups in total. The van der Waals surface area contributed by atoms with Crippen LogP contribution >= 0.6 is 0 Å². The van der Waals surface area contributed by atoms with Gasteiger partial charge in [0.15, 0.2) is 11.9 Å². The number of hydrogen-bond donors (Lipinski definition) is 3. The Bertz CT molecular complexity index is 1050. The summed E-state index contributed by atoms with van der Waals surface area (Å²) >= 11 is 0. The second-order valence-corrected chi connectivity index (χ2v) is 6.84. The Balaban J connectivity index is 2.04. The van der Waals surface area contributed by atoms with Crippen molar-refractivity contribution < 1.29 is 27.5 Å². The predicted molar refractivity (Wildman–Crippen MR) is 99.9 cm³/mol. The van der Waals surface area contributed by atoms with E-state index < -0.39 is 35.6 Å². The van der Waals surface area contributed by atoms with Crippen LogP contribution in [0.1, 0.15) is 46.4 Å². The lowest BCUT2D eigenvalue weighted by molar-refractivity contribution is -0.206. The highest BCUT2D eigenvalue weighted by Gasteiger charge is 2.40. The molecule has 0 saturated carbocycles. The fraction of sp³-hybridized carbons (Fsp3) is 0.250. The summed E-state index contributed by atoms with van der Waals surface area (Å²) in [5.41, 5.74) is -0.0731. The first-order valence-electron chi connectivity index (χ1n) is 8.89. The van der Waals surface area contributed by atoms with E-state index in [1.165, 1.54) is 24.5 Å². The van der Waals surface area contributed by atoms with Crippen LogP contribution in [0.3, 0.4) is 0 Å². The maximum atomic E-state index is 14.4. The molecule has 0 aliphatic heterocycles. The molecule has 2 atom stereocenters. The Kier molecular flexibility index (Phi) is 5.88. The van der Waals surface area contributed by atoms with Crippen LogP contribution in [0.15, 0.2) is 42.7 Å². The Labute approximate surface area is 169 Å². The highest BCUT2D eigenvalue weighted by Crippen LogP contribution is 2.35. The van der Waals surface area contributed by atoms with Crippen LogP contribution in [0.4, 0.5) is 17.6 Å². The number of H-pyrrole nitrogens is 1. The van der Waals surface area contributed by atoms with Gasteiger partial charge in [0, 0.05) is 11.1 Å². The van der Waals surface area contributed by atoms with Gasteiger partial charge in [-0.15, -0.1) is 10.2 Å². The summed E-state index contributed by atoms with van der Waals surface area (Å²) < 4.78 is 53.7. The molecule has 1 heterocycles. The van der Waals surface area contributed by atoms with Crippen LogP contribution in [0.2, 0.25) is 0 Å². The van der Waals surface area contributed by atoms with E-state index in [9.17, 15) is 27.5 Å². The van der Waals surface area contributed by atoms with Gasteiger partial charge in [-0.2, -0.15) is 13.2 Å². The smallest absolute Gasteiger partial charge is 0.379 e. The fourth-order valence-electron chi connectivity index (χ4n) is 2.91. The number of nitrogens with zero attached hydrogens (tertiary/aromatic N) is 2. The number of aliphatic hydroxyl groups is 1. The van der Waals surface area contributed by atoms with Crippen molar-refractivity contribution in [3.8, 4) is 11.1 Å². The largest absolute Gasteiger partial charge is 0.418 e. The summed E-state index contributed by atoms with van der Waals surface area (Å²) in [6, 6.07) is 6.82. The molecule has 0 aliphatic carbocycles. The highest BCUT2D eigenvalue weighted by molar-refractivity contribution is 5.96. The van der Waals surface area contributed by atoms with E-state index >= 15 is 0 Å². The molecule has 10 heteroatoms. The van der Waals surface area contributed by atoms with E-state index in [1.54, 1.807) is 19.9 Å². The monoisotopic (exact) mass is 422 g/mol. The summed E-state index contributed by atoms with van der Waals surface area (Å²) in [7, 11) is 0. The lowest BCUT2D eigenvalue weighted by Crippen LogP contribution is -2.28. The molecule has 30 heavy (non-hydrogen) atoms. The third kappa shape index (κ3) is 4.65. The van der Waals surface area contributed by atoms with Crippen molar-refractivity contribution in [1.82, 2.24) is 20.5 Å². The minimum absolute atomic E-state index is 0.00848. The Morgan fingerprint density at radius 3 is 2.53 bits per heavy atom. The summed E-state index contributed by atoms with van der Waals surface area (Å²) in [6.07, 6.45) is -6.47. The Hall–Kier alpha value is -3.27. The van der Waals surface area contributed by atoms with E-state index in [1.807, 2.05) is 0 Å². The first-order valence-corrected chi connectivity index (χ1v) is 8.89. The van der Waals surface area contributed by atoms with Crippen molar-refractivity contribution >= 4 is 5.91 Å². The fourth-order valence-corrected chi connectivity index (χ4v) is 2.91. The zero-order valence-electron chi connectivity index (χ0n) is 16.0. The van der Waals surface area contributed by atoms with Crippen LogP contribution in [0.5, 0.6) is 0 Å². The number of nitrogens with one attached hydrogen (secondary N) is 2. The van der Waals surface area contributed by atoms with E-state index in [2.05, 4.69) is 20.5 Å². The van der Waals surface area contributed by atoms with Crippen LogP contribution in [-0.2, 0) is 0 Å². The summed E-state index contributed by atoms with van der Waals surface area (Å²) in [5.74, 6) is -1.03. The van der Waals surface area contributed by atoms with Gasteiger partial charge in [0.1, 0.15) is 12.1 Å². The summed E-state index contributed by atoms with van der Waals surface area (Å²) in [6.45, 7) is 3.27. The van der Waals surface area contributed by atoms with Crippen LogP contribution in [0, 0.1) is 12.7 Å². The number of aliphatic hydroxyl groups excluding tert-OH is 1. The molecule has 2 aromatic carbocycles. The first kappa shape index (κ1) is 21.4. The molecule has 0 bridgehead atoms. The normalized spacial score (nSPS) is 13.7. The van der Waals surface area contributed by atoms with Crippen molar-refractivity contribution in [2.45, 2.75) is 32.2 Å². The molecule has 3 rings (SSSR count). The SMILES string of the molecule is Cc1ccc(-c2cc(C(=O)N[C@@H](C)c3nnc[nH]3)cc(C(O)C(F)(F)F)c2)c(F)c1. The molecule has 158 valence electrons. The standard InChI is InChI=1S/C20H18F4N4O2/c1-10-3-4-15(16(21)5-10)12-6-13(17(29)20(22,23)24)8-14(7-12)19(30)27-11(2)18-25-9-26-28-18/h3-9,11,17,29H,1-2H3,(H,27,30)(H,25,26,28)/t11-,17?/m0/s1. The van der Waals surface area contributed by atoms with Gasteiger partial charge >= 0.3 is 6.18 Å². The van der Waals surface area contributed by atoms with Gasteiger partial charge in [-0.1, -0.05) is 12.1 Å². The number of benzene rings is 2. The first-order chi connectivity index (χ1) is 14.1. The Morgan fingerprint density at radius 1 is 1.20 bits per heavy atom. The quantitative estimate of drug-likeness (QED) is 0.542. The van der Waals surface area contributed by atoms with Gasteiger partial charge in [0.25, 0.3) is 5.91 Å². The molecular formula is C20H18F4N4O2. The van der Waals surface area contributed by atoms with E-state index in [-0.39, 0.29) is 16.7 Å². The van der Waals surface area contributed by atoms with Crippen molar-refractivity contribution in [1.29, 1.82) is 0 Å². The number of aromatic amines is 1. The van der Waals surface area contributed by atoms with Gasteiger partial charge in [0.05, 0.1) is 6.04 Å². The van der Waals surface area contributed by atoms with Crippen LogP contribution in [-0.4, -0.2) is 32.4 Å². The number of alkyl halides is 3. The van der Waals surface area contributed by atoms with E-state index in [4.69, 9.17) is 0 Å². The number of amides is 1. The number of carbonyl (C=O) groups is 1. The second kappa shape index (κ2) is 8.23. The second-order valence-electron chi connectivity index (χ2n) is 6.84. The molecule has 0 radical (unpaired) electrons. The number of rotatable bonds is 5. The molecular weight excluding hydrogens is 404 g/mol. The zero-order chi connectivity index (χ0) is 22.1. The average Bonchev–Trinajstić information content (AvgIpc) is 3.21. The summed E-state index contributed by atoms with van der Waals surface area (Å²) in [5, 5.41) is 19.7. The Morgan fingerprint density at radius 2 is 1.93 bits per heavy atom. The molecule has 1 unspecified atom stereocenters. The van der Waals surface area contributed by atoms with Gasteiger partial charge in [-0.05, 0) is 54.8 Å². The maximum absolute atomic E-state index is 14.4. The van der Waals surface area contributed by atoms with Crippen molar-refractivity contribution in [2.75, 3.05) is 0 Å². The number of aryl methyl sites for hydroxylation is 1. The summed E-state index contributed by atoms with van der Waals surface area (Å²) in [4.78, 5) is 15.4. The van der Waals surface area contributed by atoms with Crippen LogP contribution < -0.4 is 5.32 Å². The van der Waals surface area contributed by atoms with Gasteiger partial charge in [0.2, 0.25) is 0 Å². The van der Waals surface area contributed by atoms with E-state index in [0.717, 1.165) is 12.1 Å².